The number of fused-ring (bicyclic) bond motifs is 2. The summed E-state index contributed by atoms with van der Waals surface area (Å²) in [7, 11) is 0. The van der Waals surface area contributed by atoms with Gasteiger partial charge in [-0.25, -0.2) is 0 Å². The van der Waals surface area contributed by atoms with Crippen LogP contribution in [0.5, 0.6) is 0 Å². The first-order chi connectivity index (χ1) is 12.3. The molecule has 132 valence electrons. The van der Waals surface area contributed by atoms with Gasteiger partial charge >= 0.3 is 0 Å². The molecule has 0 spiro atoms. The summed E-state index contributed by atoms with van der Waals surface area (Å²) in [5, 5.41) is 16.7. The molecule has 0 unspecified atom stereocenters. The van der Waals surface area contributed by atoms with Gasteiger partial charge in [-0.15, -0.1) is 10.2 Å². The van der Waals surface area contributed by atoms with E-state index >= 15 is 0 Å². The molecule has 2 aliphatic heterocycles. The average Bonchev–Trinajstić information content (AvgIpc) is 3.54. The van der Waals surface area contributed by atoms with Crippen molar-refractivity contribution < 1.29 is 4.74 Å². The first-order valence-electron chi connectivity index (χ1n) is 9.66. The number of aromatic nitrogens is 4. The largest absolute Gasteiger partial charge is 0.378 e. The number of anilines is 1. The van der Waals surface area contributed by atoms with Crippen molar-refractivity contribution in [3.8, 4) is 0 Å². The first kappa shape index (κ1) is 14.4. The maximum absolute atomic E-state index is 6.13. The van der Waals surface area contributed by atoms with E-state index in [1.807, 2.05) is 4.52 Å². The molecule has 0 bridgehead atoms. The lowest BCUT2D eigenvalue weighted by Gasteiger charge is -2.35. The Kier molecular flexibility index (Phi) is 3.11. The third kappa shape index (κ3) is 2.60. The molecule has 4 aliphatic rings. The molecular weight excluding hydrogens is 316 g/mol. The van der Waals surface area contributed by atoms with Gasteiger partial charge in [-0.05, 0) is 44.1 Å². The van der Waals surface area contributed by atoms with Crippen molar-refractivity contribution in [1.29, 1.82) is 0 Å². The summed E-state index contributed by atoms with van der Waals surface area (Å²) in [5.41, 5.74) is 3.09. The third-order valence-electron chi connectivity index (χ3n) is 6.23. The van der Waals surface area contributed by atoms with E-state index in [2.05, 4.69) is 31.6 Å². The molecule has 6 rings (SSSR count). The quantitative estimate of drug-likeness (QED) is 0.913. The van der Waals surface area contributed by atoms with Gasteiger partial charge in [0, 0.05) is 31.1 Å². The molecule has 3 atom stereocenters. The molecule has 25 heavy (non-hydrogen) atoms. The van der Waals surface area contributed by atoms with Gasteiger partial charge in [-0.2, -0.15) is 9.61 Å². The Labute approximate surface area is 146 Å². The zero-order chi connectivity index (χ0) is 16.4. The van der Waals surface area contributed by atoms with Gasteiger partial charge in [0.15, 0.2) is 0 Å². The van der Waals surface area contributed by atoms with Crippen molar-refractivity contribution >= 4 is 11.3 Å². The van der Waals surface area contributed by atoms with Crippen molar-refractivity contribution in [2.75, 3.05) is 25.0 Å². The maximum Gasteiger partial charge on any atom is 0.200 e. The molecule has 4 heterocycles. The minimum Gasteiger partial charge on any atom is -0.378 e. The fourth-order valence-corrected chi connectivity index (χ4v) is 4.51. The van der Waals surface area contributed by atoms with E-state index in [0.29, 0.717) is 24.1 Å². The van der Waals surface area contributed by atoms with Crippen LogP contribution < -0.4 is 5.32 Å². The molecule has 7 heteroatoms. The zero-order valence-electron chi connectivity index (χ0n) is 14.3. The van der Waals surface area contributed by atoms with E-state index < -0.39 is 0 Å². The highest BCUT2D eigenvalue weighted by atomic mass is 16.5. The van der Waals surface area contributed by atoms with Crippen molar-refractivity contribution in [3.05, 3.63) is 18.1 Å². The van der Waals surface area contributed by atoms with E-state index in [9.17, 15) is 0 Å². The fourth-order valence-electron chi connectivity index (χ4n) is 4.51. The molecular formula is C18H24N6O. The number of nitrogens with one attached hydrogen (secondary N) is 1. The summed E-state index contributed by atoms with van der Waals surface area (Å²) in [6.07, 6.45) is 8.53. The second-order valence-electron chi connectivity index (χ2n) is 8.25. The van der Waals surface area contributed by atoms with Crippen molar-refractivity contribution in [1.82, 2.24) is 24.7 Å². The van der Waals surface area contributed by atoms with Crippen LogP contribution in [0.4, 0.5) is 5.69 Å². The van der Waals surface area contributed by atoms with E-state index in [0.717, 1.165) is 43.4 Å². The predicted octanol–water partition coefficient (Wildman–Crippen LogP) is 1.67. The van der Waals surface area contributed by atoms with Gasteiger partial charge < -0.3 is 10.1 Å². The zero-order valence-corrected chi connectivity index (χ0v) is 14.3. The van der Waals surface area contributed by atoms with Gasteiger partial charge in [0.05, 0.1) is 24.1 Å². The lowest BCUT2D eigenvalue weighted by atomic mass is 10.1. The number of morpholine rings is 1. The lowest BCUT2D eigenvalue weighted by Crippen LogP contribution is -2.47. The summed E-state index contributed by atoms with van der Waals surface area (Å²) in [6, 6.07) is 3.20. The Hall–Kier alpha value is -1.73. The summed E-state index contributed by atoms with van der Waals surface area (Å²) in [5.74, 6) is 1.44. The van der Waals surface area contributed by atoms with Crippen LogP contribution in [0.25, 0.3) is 5.65 Å². The molecule has 2 aromatic rings. The van der Waals surface area contributed by atoms with Crippen LogP contribution in [-0.4, -0.2) is 62.6 Å². The molecule has 0 amide bonds. The van der Waals surface area contributed by atoms with Crippen LogP contribution >= 0.6 is 0 Å². The lowest BCUT2D eigenvalue weighted by molar-refractivity contribution is -0.0581. The highest BCUT2D eigenvalue weighted by Gasteiger charge is 2.42. The monoisotopic (exact) mass is 340 g/mol. The predicted molar refractivity (Wildman–Crippen MR) is 92.6 cm³/mol. The van der Waals surface area contributed by atoms with Crippen molar-refractivity contribution in [3.63, 3.8) is 0 Å². The van der Waals surface area contributed by atoms with E-state index in [1.165, 1.54) is 31.4 Å². The third-order valence-corrected chi connectivity index (χ3v) is 6.23. The summed E-state index contributed by atoms with van der Waals surface area (Å²) in [4.78, 5) is 2.63. The van der Waals surface area contributed by atoms with Crippen molar-refractivity contribution in [2.24, 2.45) is 5.92 Å². The van der Waals surface area contributed by atoms with Gasteiger partial charge in [0.1, 0.15) is 6.33 Å². The molecule has 2 saturated heterocycles. The summed E-state index contributed by atoms with van der Waals surface area (Å²) < 4.78 is 7.95. The minimum absolute atomic E-state index is 0.446. The van der Waals surface area contributed by atoms with Gasteiger partial charge in [0.25, 0.3) is 0 Å². The second kappa shape index (κ2) is 5.38. The van der Waals surface area contributed by atoms with E-state index in [4.69, 9.17) is 4.74 Å². The van der Waals surface area contributed by atoms with E-state index in [-0.39, 0.29) is 0 Å². The number of hydrogen-bond acceptors (Lipinski definition) is 6. The molecule has 0 aromatic carbocycles. The van der Waals surface area contributed by atoms with Crippen LogP contribution in [0.1, 0.15) is 43.7 Å². The van der Waals surface area contributed by atoms with Gasteiger partial charge in [-0.1, -0.05) is 0 Å². The van der Waals surface area contributed by atoms with Crippen LogP contribution in [0.15, 0.2) is 12.4 Å². The Bertz CT molecular complexity index is 798. The normalized spacial score (nSPS) is 32.9. The smallest absolute Gasteiger partial charge is 0.200 e. The average molecular weight is 340 g/mol. The summed E-state index contributed by atoms with van der Waals surface area (Å²) >= 11 is 0. The fraction of sp³-hybridized carbons (Fsp3) is 0.722. The molecule has 0 radical (unpaired) electrons. The number of hydrogen-bond donors (Lipinski definition) is 1. The van der Waals surface area contributed by atoms with Crippen LogP contribution in [0.3, 0.4) is 0 Å². The molecule has 7 nitrogen and oxygen atoms in total. The molecule has 2 aromatic heterocycles. The highest BCUT2D eigenvalue weighted by Crippen LogP contribution is 2.41. The Morgan fingerprint density at radius 1 is 1.16 bits per heavy atom. The summed E-state index contributed by atoms with van der Waals surface area (Å²) in [6.45, 7) is 3.10. The number of ether oxygens (including phenoxy) is 1. The Balaban J connectivity index is 1.22. The van der Waals surface area contributed by atoms with Crippen LogP contribution in [-0.2, 0) is 4.74 Å². The molecule has 4 fully saturated rings. The number of nitrogens with zero attached hydrogens (tertiary/aromatic N) is 5. The van der Waals surface area contributed by atoms with E-state index in [1.54, 1.807) is 6.33 Å². The second-order valence-corrected chi connectivity index (χ2v) is 8.25. The van der Waals surface area contributed by atoms with Crippen LogP contribution in [0, 0.1) is 5.92 Å². The Morgan fingerprint density at radius 2 is 2.08 bits per heavy atom. The topological polar surface area (TPSA) is 67.6 Å². The Morgan fingerprint density at radius 3 is 2.92 bits per heavy atom. The maximum atomic E-state index is 6.13. The first-order valence-corrected chi connectivity index (χ1v) is 9.66. The SMILES string of the molecule is c1c(C2CC2)nn2cnnc2c1N[C@@H]1C[C@H]2CO[C@@H](C3CC3)CN2C1. The van der Waals surface area contributed by atoms with Gasteiger partial charge in [-0.3, -0.25) is 4.90 Å². The van der Waals surface area contributed by atoms with Gasteiger partial charge in [0.2, 0.25) is 5.65 Å². The minimum atomic E-state index is 0.446. The van der Waals surface area contributed by atoms with Crippen LogP contribution in [0.2, 0.25) is 0 Å². The molecule has 2 aliphatic carbocycles. The van der Waals surface area contributed by atoms with Crippen molar-refractivity contribution in [2.45, 2.75) is 56.2 Å². The highest BCUT2D eigenvalue weighted by molar-refractivity contribution is 5.67. The molecule has 2 saturated carbocycles. The molecule has 1 N–H and O–H groups in total. The standard InChI is InChI=1S/C18H24N6O/c1-2-11(1)15-6-16(18-21-19-10-24(18)22-15)20-13-5-14-9-25-17(12-3-4-12)8-23(14)7-13/h6,10-14,17,20H,1-5,7-9H2/t13-,14+,17-/m1/s1. The number of rotatable bonds is 4.